The molecule has 3 aromatic carbocycles. The molecule has 13 nitrogen and oxygen atoms in total. The van der Waals surface area contributed by atoms with Gasteiger partial charge in [-0.25, -0.2) is 13.2 Å². The summed E-state index contributed by atoms with van der Waals surface area (Å²) in [4.78, 5) is 28.8. The minimum atomic E-state index is -1.42. The van der Waals surface area contributed by atoms with Gasteiger partial charge in [-0.05, 0) is 76.6 Å². The fourth-order valence-electron chi connectivity index (χ4n) is 3.30. The van der Waals surface area contributed by atoms with E-state index in [-0.39, 0.29) is 35.8 Å². The van der Waals surface area contributed by atoms with Crippen molar-refractivity contribution in [3.63, 3.8) is 0 Å². The standard InChI is InChI=1S/C9H9FN2O2.C9H11FN2.C6H3F2NO2.C4H8O2.C3H7N.C2H6O/c10-7-2-1-3-8(12(13)14)9(7)11-6-4-5-6;10-7-2-1-3-8(11)9(7)12-6-4-5-6;7-4-2-1-3-5(6(4)8)9(10)11;1-3-6-4(2)5;4-3-1-2-3;1-2-3/h1-3,6,11H,4-5H2;1-3,6,12H,4-5,11H2;1-3H;3H2,1-2H3;3H,1-2,4H2;3H,2H2,1H3. The summed E-state index contributed by atoms with van der Waals surface area (Å²) < 4.78 is 55.4. The average Bonchev–Trinajstić information content (AvgIpc) is 3.90. The van der Waals surface area contributed by atoms with Crippen molar-refractivity contribution in [2.45, 2.75) is 77.4 Å². The van der Waals surface area contributed by atoms with Gasteiger partial charge >= 0.3 is 11.7 Å². The van der Waals surface area contributed by atoms with E-state index in [9.17, 15) is 42.6 Å². The van der Waals surface area contributed by atoms with Crippen LogP contribution in [0.1, 0.15) is 59.3 Å². The number of nitrogens with zero attached hydrogens (tertiary/aromatic N) is 2. The van der Waals surface area contributed by atoms with Crippen molar-refractivity contribution in [3.8, 4) is 0 Å². The molecule has 3 saturated carbocycles. The second-order valence-electron chi connectivity index (χ2n) is 10.8. The Labute approximate surface area is 287 Å². The van der Waals surface area contributed by atoms with Crippen LogP contribution < -0.4 is 22.1 Å². The number of hydrogen-bond donors (Lipinski definition) is 5. The van der Waals surface area contributed by atoms with Crippen molar-refractivity contribution in [1.29, 1.82) is 0 Å². The molecule has 276 valence electrons. The van der Waals surface area contributed by atoms with E-state index in [0.29, 0.717) is 30.1 Å². The van der Waals surface area contributed by atoms with Crippen LogP contribution >= 0.6 is 0 Å². The first kappa shape index (κ1) is 43.0. The molecule has 3 aromatic rings. The van der Waals surface area contributed by atoms with Gasteiger partial charge in [-0.15, -0.1) is 0 Å². The van der Waals surface area contributed by atoms with Crippen LogP contribution in [0, 0.1) is 43.5 Å². The molecule has 0 atom stereocenters. The van der Waals surface area contributed by atoms with E-state index in [1.165, 1.54) is 44.0 Å². The number of nitro benzene ring substituents is 2. The first-order chi connectivity index (χ1) is 23.7. The topological polar surface area (TPSA) is 209 Å². The molecule has 6 rings (SSSR count). The van der Waals surface area contributed by atoms with E-state index in [1.54, 1.807) is 26.0 Å². The minimum absolute atomic E-state index is 0.0139. The van der Waals surface area contributed by atoms with Gasteiger partial charge in [-0.2, -0.15) is 4.39 Å². The highest BCUT2D eigenvalue weighted by molar-refractivity contribution is 5.67. The predicted molar refractivity (Wildman–Crippen MR) is 182 cm³/mol. The van der Waals surface area contributed by atoms with Crippen molar-refractivity contribution in [1.82, 2.24) is 0 Å². The van der Waals surface area contributed by atoms with Gasteiger partial charge in [-0.1, -0.05) is 18.2 Å². The molecule has 3 aliphatic rings. The molecule has 0 radical (unpaired) electrons. The number of aliphatic hydroxyl groups is 1. The number of anilines is 3. The summed E-state index contributed by atoms with van der Waals surface area (Å²) in [5.74, 6) is -3.66. The fraction of sp³-hybridized carbons (Fsp3) is 0.424. The zero-order valence-electron chi connectivity index (χ0n) is 28.0. The maximum absolute atomic E-state index is 13.2. The molecule has 0 spiro atoms. The molecule has 0 saturated heterocycles. The molecule has 0 amide bonds. The number of carbonyl (C=O) groups is 1. The summed E-state index contributed by atoms with van der Waals surface area (Å²) in [6.45, 7) is 5.58. The zero-order chi connectivity index (χ0) is 37.8. The number of carbonyl (C=O) groups excluding carboxylic acids is 1. The van der Waals surface area contributed by atoms with Crippen LogP contribution in [0.2, 0.25) is 0 Å². The molecule has 3 fully saturated rings. The number of nitrogen functional groups attached to an aromatic ring is 1. The lowest BCUT2D eigenvalue weighted by atomic mass is 10.2. The maximum atomic E-state index is 13.2. The largest absolute Gasteiger partial charge is 0.466 e. The van der Waals surface area contributed by atoms with E-state index in [0.717, 1.165) is 43.9 Å². The fourth-order valence-corrected chi connectivity index (χ4v) is 3.30. The van der Waals surface area contributed by atoms with Crippen LogP contribution in [0.25, 0.3) is 0 Å². The highest BCUT2D eigenvalue weighted by Crippen LogP contribution is 2.33. The molecule has 0 bridgehead atoms. The molecule has 7 N–H and O–H groups in total. The summed E-state index contributed by atoms with van der Waals surface area (Å²) >= 11 is 0. The number of hydrogen-bond acceptors (Lipinski definition) is 11. The van der Waals surface area contributed by atoms with E-state index >= 15 is 0 Å². The SMILES string of the molecule is CCO.CCOC(C)=O.NC1CC1.Nc1cccc(F)c1NC1CC1.O=[N+]([O-])c1cccc(F)c1F.O=[N+]([O-])c1cccc(F)c1NC1CC1. The number of nitrogens with two attached hydrogens (primary N) is 2. The number of ether oxygens (including phenoxy) is 1. The Kier molecular flexibility index (Phi) is 19.4. The molecule has 0 heterocycles. The number of halogens is 4. The number of benzene rings is 3. The van der Waals surface area contributed by atoms with E-state index in [4.69, 9.17) is 16.6 Å². The van der Waals surface area contributed by atoms with Gasteiger partial charge in [0.2, 0.25) is 5.82 Å². The second-order valence-corrected chi connectivity index (χ2v) is 10.8. The Hall–Kier alpha value is -5.03. The molecule has 17 heteroatoms. The number of esters is 1. The van der Waals surface area contributed by atoms with Gasteiger partial charge in [-0.3, -0.25) is 25.0 Å². The quantitative estimate of drug-likeness (QED) is 0.0563. The van der Waals surface area contributed by atoms with E-state index in [1.807, 2.05) is 0 Å². The first-order valence-electron chi connectivity index (χ1n) is 15.7. The highest BCUT2D eigenvalue weighted by Gasteiger charge is 2.27. The van der Waals surface area contributed by atoms with Crippen molar-refractivity contribution in [3.05, 3.63) is 98.1 Å². The Balaban J connectivity index is 0.000000321. The lowest BCUT2D eigenvalue weighted by Crippen LogP contribution is -2.06. The summed E-state index contributed by atoms with van der Waals surface area (Å²) in [6.07, 6.45) is 6.67. The Morgan fingerprint density at radius 1 is 0.800 bits per heavy atom. The van der Waals surface area contributed by atoms with Gasteiger partial charge in [0.05, 0.1) is 27.8 Å². The molecular formula is C33H44F4N6O7. The van der Waals surface area contributed by atoms with Crippen LogP contribution in [-0.2, 0) is 9.53 Å². The zero-order valence-corrected chi connectivity index (χ0v) is 28.0. The summed E-state index contributed by atoms with van der Waals surface area (Å²) in [5, 5.41) is 34.0. The minimum Gasteiger partial charge on any atom is -0.466 e. The van der Waals surface area contributed by atoms with Gasteiger partial charge < -0.3 is 31.9 Å². The van der Waals surface area contributed by atoms with Gasteiger partial charge in [0.1, 0.15) is 11.5 Å². The molecule has 0 unspecified atom stereocenters. The van der Waals surface area contributed by atoms with Crippen molar-refractivity contribution in [2.75, 3.05) is 29.6 Å². The smallest absolute Gasteiger partial charge is 0.307 e. The maximum Gasteiger partial charge on any atom is 0.307 e. The normalized spacial score (nSPS) is 13.6. The summed E-state index contributed by atoms with van der Waals surface area (Å²) in [7, 11) is 0. The Morgan fingerprint density at radius 2 is 1.20 bits per heavy atom. The third-order valence-electron chi connectivity index (χ3n) is 6.18. The third kappa shape index (κ3) is 17.9. The Bertz CT molecular complexity index is 1500. The lowest BCUT2D eigenvalue weighted by Gasteiger charge is -2.08. The van der Waals surface area contributed by atoms with Crippen molar-refractivity contribution in [2.24, 2.45) is 5.73 Å². The van der Waals surface area contributed by atoms with Crippen LogP contribution in [-0.4, -0.2) is 52.3 Å². The molecular weight excluding hydrogens is 668 g/mol. The van der Waals surface area contributed by atoms with Crippen molar-refractivity contribution < 1.29 is 42.0 Å². The summed E-state index contributed by atoms with van der Waals surface area (Å²) in [5.41, 5.74) is 10.7. The Morgan fingerprint density at radius 3 is 1.54 bits per heavy atom. The monoisotopic (exact) mass is 712 g/mol. The molecule has 0 aliphatic heterocycles. The van der Waals surface area contributed by atoms with Gasteiger partial charge in [0.25, 0.3) is 5.69 Å². The van der Waals surface area contributed by atoms with Gasteiger partial charge in [0.15, 0.2) is 11.6 Å². The number of rotatable bonds is 7. The number of nitrogens with one attached hydrogen (secondary N) is 2. The van der Waals surface area contributed by atoms with Crippen LogP contribution in [0.15, 0.2) is 54.6 Å². The van der Waals surface area contributed by atoms with Crippen LogP contribution in [0.4, 0.5) is 46.0 Å². The molecule has 50 heavy (non-hydrogen) atoms. The third-order valence-corrected chi connectivity index (χ3v) is 6.18. The second kappa shape index (κ2) is 22.6. The highest BCUT2D eigenvalue weighted by atomic mass is 19.2. The average molecular weight is 713 g/mol. The van der Waals surface area contributed by atoms with Gasteiger partial charge in [0, 0.05) is 43.8 Å². The number of para-hydroxylation sites is 2. The molecule has 3 aliphatic carbocycles. The lowest BCUT2D eigenvalue weighted by molar-refractivity contribution is -0.387. The van der Waals surface area contributed by atoms with Crippen molar-refractivity contribution >= 4 is 34.4 Å². The first-order valence-corrected chi connectivity index (χ1v) is 15.7. The van der Waals surface area contributed by atoms with Crippen LogP contribution in [0.5, 0.6) is 0 Å². The van der Waals surface area contributed by atoms with E-state index < -0.39 is 33.0 Å². The summed E-state index contributed by atoms with van der Waals surface area (Å²) in [6, 6.07) is 12.6. The number of nitro groups is 2. The van der Waals surface area contributed by atoms with E-state index in [2.05, 4.69) is 15.4 Å². The van der Waals surface area contributed by atoms with Crippen LogP contribution in [0.3, 0.4) is 0 Å². The number of aliphatic hydroxyl groups excluding tert-OH is 1. The predicted octanol–water partition coefficient (Wildman–Crippen LogP) is 6.84. The molecule has 0 aromatic heterocycles.